The molecule has 1 unspecified atom stereocenters. The number of hydrogen-bond acceptors (Lipinski definition) is 5. The number of rotatable bonds is 7. The van der Waals surface area contributed by atoms with Gasteiger partial charge in [-0.2, -0.15) is 0 Å². The van der Waals surface area contributed by atoms with Crippen LogP contribution in [-0.4, -0.2) is 48.5 Å². The molecule has 1 saturated heterocycles. The lowest BCUT2D eigenvalue weighted by Crippen LogP contribution is -2.46. The van der Waals surface area contributed by atoms with Crippen LogP contribution >= 0.6 is 11.3 Å². The Hall–Kier alpha value is -2.25. The van der Waals surface area contributed by atoms with E-state index in [4.69, 9.17) is 4.74 Å². The molecule has 2 aromatic rings. The first-order valence-electron chi connectivity index (χ1n) is 8.72. The third-order valence-electron chi connectivity index (χ3n) is 4.45. The van der Waals surface area contributed by atoms with Gasteiger partial charge >= 0.3 is 0 Å². The van der Waals surface area contributed by atoms with E-state index in [1.807, 2.05) is 36.5 Å². The van der Waals surface area contributed by atoms with E-state index in [0.717, 1.165) is 15.4 Å². The molecule has 2 amide bonds. The Labute approximate surface area is 157 Å². The lowest BCUT2D eigenvalue weighted by atomic mass is 9.96. The van der Waals surface area contributed by atoms with Gasteiger partial charge in [-0.05, 0) is 6.42 Å². The molecule has 0 aliphatic carbocycles. The second-order valence-corrected chi connectivity index (χ2v) is 7.40. The molecule has 2 heterocycles. The highest BCUT2D eigenvalue weighted by atomic mass is 32.1. The smallest absolute Gasteiger partial charge is 0.225 e. The van der Waals surface area contributed by atoms with Crippen LogP contribution in [0.5, 0.6) is 0 Å². The lowest BCUT2D eigenvalue weighted by molar-refractivity contribution is -0.138. The van der Waals surface area contributed by atoms with Crippen molar-refractivity contribution in [2.75, 3.05) is 26.8 Å². The maximum Gasteiger partial charge on any atom is 0.225 e. The van der Waals surface area contributed by atoms with Crippen molar-refractivity contribution in [3.8, 4) is 10.6 Å². The number of aromatic nitrogens is 1. The Balaban J connectivity index is 1.52. The zero-order valence-electron chi connectivity index (χ0n) is 14.8. The topological polar surface area (TPSA) is 71.5 Å². The van der Waals surface area contributed by atoms with Crippen LogP contribution in [0.3, 0.4) is 0 Å². The van der Waals surface area contributed by atoms with Crippen LogP contribution in [0.25, 0.3) is 10.6 Å². The predicted octanol–water partition coefficient (Wildman–Crippen LogP) is 2.31. The predicted molar refractivity (Wildman–Crippen MR) is 101 cm³/mol. The molecule has 1 fully saturated rings. The monoisotopic (exact) mass is 373 g/mol. The van der Waals surface area contributed by atoms with Gasteiger partial charge in [0.25, 0.3) is 0 Å². The highest BCUT2D eigenvalue weighted by Crippen LogP contribution is 2.25. The van der Waals surface area contributed by atoms with Crippen LogP contribution in [0.4, 0.5) is 0 Å². The summed E-state index contributed by atoms with van der Waals surface area (Å²) in [6, 6.07) is 9.99. The molecule has 1 atom stereocenters. The van der Waals surface area contributed by atoms with Crippen molar-refractivity contribution in [3.63, 3.8) is 0 Å². The Morgan fingerprint density at radius 2 is 2.19 bits per heavy atom. The van der Waals surface area contributed by atoms with Gasteiger partial charge in [0.05, 0.1) is 19.1 Å². The summed E-state index contributed by atoms with van der Waals surface area (Å²) in [7, 11) is 1.61. The minimum Gasteiger partial charge on any atom is -0.383 e. The van der Waals surface area contributed by atoms with Crippen molar-refractivity contribution >= 4 is 23.2 Å². The third kappa shape index (κ3) is 4.68. The Kier molecular flexibility index (Phi) is 6.35. The van der Waals surface area contributed by atoms with Crippen molar-refractivity contribution in [3.05, 3.63) is 41.4 Å². The number of thiazole rings is 1. The SMILES string of the molecule is COCCN1CC(C(=O)NCc2cnc(-c3ccccc3)s2)CCC1=O. The van der Waals surface area contributed by atoms with E-state index in [2.05, 4.69) is 10.3 Å². The number of nitrogens with one attached hydrogen (secondary N) is 1. The van der Waals surface area contributed by atoms with Crippen LogP contribution < -0.4 is 5.32 Å². The molecule has 1 aromatic heterocycles. The molecule has 3 rings (SSSR count). The van der Waals surface area contributed by atoms with E-state index < -0.39 is 0 Å². The summed E-state index contributed by atoms with van der Waals surface area (Å²) in [6.07, 6.45) is 2.83. The maximum atomic E-state index is 12.5. The quantitative estimate of drug-likeness (QED) is 0.808. The number of amides is 2. The Bertz CT molecular complexity index is 747. The number of ether oxygens (including phenoxy) is 1. The average molecular weight is 373 g/mol. The number of likely N-dealkylation sites (tertiary alicyclic amines) is 1. The van der Waals surface area contributed by atoms with E-state index in [1.165, 1.54) is 0 Å². The van der Waals surface area contributed by atoms with Crippen molar-refractivity contribution < 1.29 is 14.3 Å². The van der Waals surface area contributed by atoms with Gasteiger partial charge in [0.2, 0.25) is 11.8 Å². The van der Waals surface area contributed by atoms with Crippen LogP contribution in [0.2, 0.25) is 0 Å². The van der Waals surface area contributed by atoms with Crippen molar-refractivity contribution in [2.45, 2.75) is 19.4 Å². The van der Waals surface area contributed by atoms with Gasteiger partial charge in [-0.25, -0.2) is 4.98 Å². The molecular formula is C19H23N3O3S. The molecule has 6 nitrogen and oxygen atoms in total. The summed E-state index contributed by atoms with van der Waals surface area (Å²) in [4.78, 5) is 31.6. The number of piperidine rings is 1. The van der Waals surface area contributed by atoms with Crippen LogP contribution in [-0.2, 0) is 20.9 Å². The van der Waals surface area contributed by atoms with Gasteiger partial charge < -0.3 is 15.0 Å². The molecule has 0 bridgehead atoms. The van der Waals surface area contributed by atoms with Crippen molar-refractivity contribution in [2.24, 2.45) is 5.92 Å². The summed E-state index contributed by atoms with van der Waals surface area (Å²) in [5.41, 5.74) is 1.08. The summed E-state index contributed by atoms with van der Waals surface area (Å²) in [5.74, 6) is -0.0679. The fourth-order valence-electron chi connectivity index (χ4n) is 2.97. The number of nitrogens with zero attached hydrogens (tertiary/aromatic N) is 2. The molecule has 1 aliphatic rings. The normalized spacial score (nSPS) is 17.3. The van der Waals surface area contributed by atoms with E-state index in [1.54, 1.807) is 23.3 Å². The number of hydrogen-bond donors (Lipinski definition) is 1. The number of carbonyl (C=O) groups is 2. The standard InChI is InChI=1S/C19H23N3O3S/c1-25-10-9-22-13-15(7-8-17(22)23)18(24)20-11-16-12-21-19(26-16)14-5-3-2-4-6-14/h2-6,12,15H,7-11,13H2,1H3,(H,20,24). The Morgan fingerprint density at radius 3 is 2.96 bits per heavy atom. The summed E-state index contributed by atoms with van der Waals surface area (Å²) in [5, 5.41) is 3.94. The van der Waals surface area contributed by atoms with E-state index in [-0.39, 0.29) is 17.7 Å². The first-order valence-corrected chi connectivity index (χ1v) is 9.53. The molecule has 0 spiro atoms. The van der Waals surface area contributed by atoms with Gasteiger partial charge in [0, 0.05) is 43.3 Å². The molecule has 1 aliphatic heterocycles. The second-order valence-electron chi connectivity index (χ2n) is 6.28. The summed E-state index contributed by atoms with van der Waals surface area (Å²) >= 11 is 1.58. The second kappa shape index (κ2) is 8.91. The lowest BCUT2D eigenvalue weighted by Gasteiger charge is -2.31. The first kappa shape index (κ1) is 18.5. The van der Waals surface area contributed by atoms with Gasteiger partial charge in [0.1, 0.15) is 5.01 Å². The fraction of sp³-hybridized carbons (Fsp3) is 0.421. The molecule has 138 valence electrons. The average Bonchev–Trinajstić information content (AvgIpc) is 3.15. The van der Waals surface area contributed by atoms with Crippen molar-refractivity contribution in [1.82, 2.24) is 15.2 Å². The molecule has 0 radical (unpaired) electrons. The maximum absolute atomic E-state index is 12.5. The minimum atomic E-state index is -0.161. The van der Waals surface area contributed by atoms with Gasteiger partial charge in [-0.15, -0.1) is 11.3 Å². The van der Waals surface area contributed by atoms with Gasteiger partial charge in [0.15, 0.2) is 0 Å². The first-order chi connectivity index (χ1) is 12.7. The van der Waals surface area contributed by atoms with E-state index in [9.17, 15) is 9.59 Å². The van der Waals surface area contributed by atoms with E-state index >= 15 is 0 Å². The third-order valence-corrected chi connectivity index (χ3v) is 5.49. The summed E-state index contributed by atoms with van der Waals surface area (Å²) in [6.45, 7) is 1.95. The minimum absolute atomic E-state index is 0.00502. The molecular weight excluding hydrogens is 350 g/mol. The molecule has 1 N–H and O–H groups in total. The highest BCUT2D eigenvalue weighted by Gasteiger charge is 2.29. The van der Waals surface area contributed by atoms with Crippen molar-refractivity contribution in [1.29, 1.82) is 0 Å². The van der Waals surface area contributed by atoms with Gasteiger partial charge in [-0.1, -0.05) is 30.3 Å². The van der Waals surface area contributed by atoms with Gasteiger partial charge in [-0.3, -0.25) is 9.59 Å². The molecule has 26 heavy (non-hydrogen) atoms. The zero-order chi connectivity index (χ0) is 18.4. The summed E-state index contributed by atoms with van der Waals surface area (Å²) < 4.78 is 5.03. The van der Waals surface area contributed by atoms with Crippen LogP contribution in [0, 0.1) is 5.92 Å². The Morgan fingerprint density at radius 1 is 1.38 bits per heavy atom. The number of methoxy groups -OCH3 is 1. The molecule has 0 saturated carbocycles. The highest BCUT2D eigenvalue weighted by molar-refractivity contribution is 7.15. The molecule has 7 heteroatoms. The fourth-order valence-corrected chi connectivity index (χ4v) is 3.83. The van der Waals surface area contributed by atoms with E-state index in [0.29, 0.717) is 39.1 Å². The van der Waals surface area contributed by atoms with Crippen LogP contribution in [0.15, 0.2) is 36.5 Å². The van der Waals surface area contributed by atoms with Crippen LogP contribution in [0.1, 0.15) is 17.7 Å². The number of benzene rings is 1. The number of carbonyl (C=O) groups excluding carboxylic acids is 2. The largest absolute Gasteiger partial charge is 0.383 e. The molecule has 1 aromatic carbocycles. The zero-order valence-corrected chi connectivity index (χ0v) is 15.6.